The molecule has 0 rings (SSSR count). The molecule has 0 aromatic rings. The molecule has 10 heteroatoms. The molecule has 0 spiro atoms. The number of ether oxygens (including phenoxy) is 2. The SMILES string of the molecule is NC(=O)OCCC(F)(F)C(F)(F)OC(N)=O. The minimum atomic E-state index is -5.08. The van der Waals surface area contributed by atoms with Crippen LogP contribution in [-0.4, -0.2) is 30.8 Å². The average Bonchev–Trinajstić information content (AvgIpc) is 1.99. The van der Waals surface area contributed by atoms with Crippen molar-refractivity contribution in [2.24, 2.45) is 11.5 Å². The molecule has 0 bridgehead atoms. The fourth-order valence-corrected chi connectivity index (χ4v) is 0.626. The lowest BCUT2D eigenvalue weighted by Crippen LogP contribution is -2.46. The molecule has 0 aromatic carbocycles. The number of alkyl halides is 4. The summed E-state index contributed by atoms with van der Waals surface area (Å²) in [6.45, 7) is -1.06. The summed E-state index contributed by atoms with van der Waals surface area (Å²) in [5, 5.41) is 0. The van der Waals surface area contributed by atoms with E-state index in [0.717, 1.165) is 0 Å². The highest BCUT2D eigenvalue weighted by atomic mass is 19.3. The van der Waals surface area contributed by atoms with E-state index in [9.17, 15) is 27.2 Å². The summed E-state index contributed by atoms with van der Waals surface area (Å²) in [5.74, 6) is -4.72. The first kappa shape index (κ1) is 14.3. The van der Waals surface area contributed by atoms with E-state index in [1.54, 1.807) is 0 Å². The number of primary amides is 2. The Bertz CT molecular complexity index is 284. The Balaban J connectivity index is 4.39. The predicted octanol–water partition coefficient (Wildman–Crippen LogP) is 0.795. The van der Waals surface area contributed by atoms with Crippen LogP contribution < -0.4 is 11.5 Å². The molecule has 0 aliphatic rings. The van der Waals surface area contributed by atoms with Crippen LogP contribution in [0, 0.1) is 0 Å². The Kier molecular flexibility index (Phi) is 4.33. The van der Waals surface area contributed by atoms with Gasteiger partial charge in [-0.1, -0.05) is 0 Å². The summed E-state index contributed by atoms with van der Waals surface area (Å²) in [7, 11) is 0. The van der Waals surface area contributed by atoms with Gasteiger partial charge in [0.15, 0.2) is 0 Å². The molecule has 0 radical (unpaired) electrons. The van der Waals surface area contributed by atoms with Gasteiger partial charge < -0.3 is 20.9 Å². The minimum absolute atomic E-state index is 1.06. The molecule has 0 atom stereocenters. The van der Waals surface area contributed by atoms with Gasteiger partial charge in [0.2, 0.25) is 0 Å². The third-order valence-corrected chi connectivity index (χ3v) is 1.31. The van der Waals surface area contributed by atoms with E-state index in [-0.39, 0.29) is 0 Å². The molecule has 0 saturated carbocycles. The van der Waals surface area contributed by atoms with E-state index in [1.165, 1.54) is 0 Å². The largest absolute Gasteiger partial charge is 0.467 e. The lowest BCUT2D eigenvalue weighted by Gasteiger charge is -2.24. The van der Waals surface area contributed by atoms with E-state index < -0.39 is 37.2 Å². The van der Waals surface area contributed by atoms with E-state index >= 15 is 0 Å². The van der Waals surface area contributed by atoms with Crippen LogP contribution in [0.5, 0.6) is 0 Å². The Hall–Kier alpha value is -1.74. The zero-order valence-electron chi connectivity index (χ0n) is 7.71. The number of hydrogen-bond donors (Lipinski definition) is 2. The van der Waals surface area contributed by atoms with Crippen molar-refractivity contribution in [2.45, 2.75) is 18.5 Å². The second-order valence-corrected chi connectivity index (χ2v) is 2.56. The second kappa shape index (κ2) is 4.86. The van der Waals surface area contributed by atoms with E-state index in [2.05, 4.69) is 20.9 Å². The van der Waals surface area contributed by atoms with Crippen LogP contribution in [0.25, 0.3) is 0 Å². The van der Waals surface area contributed by atoms with Gasteiger partial charge in [0, 0.05) is 0 Å². The van der Waals surface area contributed by atoms with Crippen molar-refractivity contribution in [2.75, 3.05) is 6.61 Å². The molecule has 0 unspecified atom stereocenters. The van der Waals surface area contributed by atoms with Gasteiger partial charge in [-0.15, -0.1) is 0 Å². The summed E-state index contributed by atoms with van der Waals surface area (Å²) in [5.41, 5.74) is 8.58. The number of carbonyl (C=O) groups excluding carboxylic acids is 2. The maximum Gasteiger partial charge on any atom is 0.467 e. The summed E-state index contributed by atoms with van der Waals surface area (Å²) in [6.07, 6.45) is -10.1. The summed E-state index contributed by atoms with van der Waals surface area (Å²) < 4.78 is 57.2. The number of carbonyl (C=O) groups is 2. The van der Waals surface area contributed by atoms with Gasteiger partial charge >= 0.3 is 24.2 Å². The van der Waals surface area contributed by atoms with Crippen molar-refractivity contribution >= 4 is 12.2 Å². The van der Waals surface area contributed by atoms with Gasteiger partial charge in [0.25, 0.3) is 0 Å². The molecule has 0 aliphatic carbocycles. The highest BCUT2D eigenvalue weighted by Crippen LogP contribution is 2.37. The Labute approximate surface area is 86.5 Å². The molecule has 0 heterocycles. The molecular formula is C6H8F4N2O4. The van der Waals surface area contributed by atoms with Crippen molar-refractivity contribution < 1.29 is 36.6 Å². The standard InChI is InChI=1S/C6H8F4N2O4/c7-5(8,1-2-15-3(11)13)6(9,10)16-4(12)14/h1-2H2,(H2,11,13)(H2,12,14). The van der Waals surface area contributed by atoms with Crippen LogP contribution in [-0.2, 0) is 9.47 Å². The fraction of sp³-hybridized carbons (Fsp3) is 0.667. The summed E-state index contributed by atoms with van der Waals surface area (Å²) in [6, 6.07) is 0. The van der Waals surface area contributed by atoms with Crippen LogP contribution in [0.15, 0.2) is 0 Å². The molecule has 4 N–H and O–H groups in total. The molecule has 0 aliphatic heterocycles. The summed E-state index contributed by atoms with van der Waals surface area (Å²) in [4.78, 5) is 19.9. The first-order valence-electron chi connectivity index (χ1n) is 3.75. The van der Waals surface area contributed by atoms with Crippen LogP contribution in [0.2, 0.25) is 0 Å². The van der Waals surface area contributed by atoms with Gasteiger partial charge in [-0.25, -0.2) is 9.59 Å². The molecule has 0 fully saturated rings. The van der Waals surface area contributed by atoms with Crippen molar-refractivity contribution in [3.05, 3.63) is 0 Å². The molecule has 0 saturated heterocycles. The lowest BCUT2D eigenvalue weighted by atomic mass is 10.2. The number of hydrogen-bond acceptors (Lipinski definition) is 4. The number of halogens is 4. The van der Waals surface area contributed by atoms with Crippen LogP contribution in [0.1, 0.15) is 6.42 Å². The average molecular weight is 248 g/mol. The van der Waals surface area contributed by atoms with Crippen molar-refractivity contribution in [3.63, 3.8) is 0 Å². The third kappa shape index (κ3) is 4.19. The Morgan fingerprint density at radius 1 is 1.06 bits per heavy atom. The fourth-order valence-electron chi connectivity index (χ4n) is 0.626. The molecule has 16 heavy (non-hydrogen) atoms. The molecule has 0 aromatic heterocycles. The highest BCUT2D eigenvalue weighted by molar-refractivity contribution is 5.65. The maximum absolute atomic E-state index is 12.7. The first-order chi connectivity index (χ1) is 7.08. The second-order valence-electron chi connectivity index (χ2n) is 2.56. The van der Waals surface area contributed by atoms with Gasteiger partial charge in [-0.2, -0.15) is 17.6 Å². The molecule has 6 nitrogen and oxygen atoms in total. The van der Waals surface area contributed by atoms with Crippen LogP contribution in [0.3, 0.4) is 0 Å². The first-order valence-corrected chi connectivity index (χ1v) is 3.75. The van der Waals surface area contributed by atoms with Crippen LogP contribution in [0.4, 0.5) is 27.2 Å². The number of rotatable bonds is 5. The minimum Gasteiger partial charge on any atom is -0.449 e. The molecular weight excluding hydrogens is 240 g/mol. The zero-order chi connectivity index (χ0) is 13.0. The third-order valence-electron chi connectivity index (χ3n) is 1.31. The van der Waals surface area contributed by atoms with Crippen molar-refractivity contribution in [3.8, 4) is 0 Å². The smallest absolute Gasteiger partial charge is 0.449 e. The zero-order valence-corrected chi connectivity index (χ0v) is 7.71. The van der Waals surface area contributed by atoms with E-state index in [1.807, 2.05) is 0 Å². The monoisotopic (exact) mass is 248 g/mol. The lowest BCUT2D eigenvalue weighted by molar-refractivity contribution is -0.323. The number of amides is 2. The molecule has 94 valence electrons. The Morgan fingerprint density at radius 2 is 1.56 bits per heavy atom. The van der Waals surface area contributed by atoms with Gasteiger partial charge in [-0.05, 0) is 0 Å². The van der Waals surface area contributed by atoms with Gasteiger partial charge in [-0.3, -0.25) is 0 Å². The topological polar surface area (TPSA) is 105 Å². The predicted molar refractivity (Wildman–Crippen MR) is 40.7 cm³/mol. The van der Waals surface area contributed by atoms with Crippen molar-refractivity contribution in [1.29, 1.82) is 0 Å². The van der Waals surface area contributed by atoms with E-state index in [0.29, 0.717) is 0 Å². The normalized spacial score (nSPS) is 12.0. The highest BCUT2D eigenvalue weighted by Gasteiger charge is 2.59. The Morgan fingerprint density at radius 3 is 1.94 bits per heavy atom. The van der Waals surface area contributed by atoms with E-state index in [4.69, 9.17) is 0 Å². The van der Waals surface area contributed by atoms with Crippen molar-refractivity contribution in [1.82, 2.24) is 0 Å². The maximum atomic E-state index is 12.7. The summed E-state index contributed by atoms with van der Waals surface area (Å²) >= 11 is 0. The van der Waals surface area contributed by atoms with Gasteiger partial charge in [0.1, 0.15) is 0 Å². The number of nitrogens with two attached hydrogens (primary N) is 2. The molecule has 2 amide bonds. The quantitative estimate of drug-likeness (QED) is 0.701. The van der Waals surface area contributed by atoms with Crippen LogP contribution >= 0.6 is 0 Å². The van der Waals surface area contributed by atoms with Gasteiger partial charge in [0.05, 0.1) is 13.0 Å².